The quantitative estimate of drug-likeness (QED) is 0.226. The van der Waals surface area contributed by atoms with Gasteiger partial charge in [0, 0.05) is 0 Å². The van der Waals surface area contributed by atoms with Crippen LogP contribution in [0.2, 0.25) is 0 Å². The van der Waals surface area contributed by atoms with E-state index in [9.17, 15) is 4.79 Å². The van der Waals surface area contributed by atoms with Gasteiger partial charge in [-0.05, 0) is 24.5 Å². The maximum atomic E-state index is 11.0. The van der Waals surface area contributed by atoms with Gasteiger partial charge in [0.25, 0.3) is 0 Å². The molecule has 1 atom stereocenters. The molecule has 0 heterocycles. The van der Waals surface area contributed by atoms with Gasteiger partial charge in [0.05, 0.1) is 5.92 Å². The second-order valence-corrected chi connectivity index (χ2v) is 7.85. The molecule has 0 rings (SSSR count). The van der Waals surface area contributed by atoms with Crippen LogP contribution in [0.15, 0.2) is 0 Å². The third-order valence-electron chi connectivity index (χ3n) is 4.66. The summed E-state index contributed by atoms with van der Waals surface area (Å²) in [6, 6.07) is 0. The van der Waals surface area contributed by atoms with Crippen LogP contribution in [0.5, 0.6) is 0 Å². The summed E-state index contributed by atoms with van der Waals surface area (Å²) in [5, 5.41) is 9.07. The zero-order valence-electron chi connectivity index (χ0n) is 15.6. The highest BCUT2D eigenvalue weighted by Gasteiger charge is 2.15. The molecule has 0 radical (unpaired) electrons. The van der Waals surface area contributed by atoms with Gasteiger partial charge in [-0.25, -0.2) is 0 Å². The first-order chi connectivity index (χ1) is 11.1. The minimum absolute atomic E-state index is 0.178. The highest BCUT2D eigenvalue weighted by Crippen LogP contribution is 2.17. The summed E-state index contributed by atoms with van der Waals surface area (Å²) in [4.78, 5) is 11.0. The van der Waals surface area contributed by atoms with E-state index in [1.807, 2.05) is 0 Å². The molecule has 0 aromatic carbocycles. The van der Waals surface area contributed by atoms with E-state index in [1.54, 1.807) is 0 Å². The number of hydrogen-bond donors (Lipinski definition) is 2. The Bertz CT molecular complexity index is 266. The van der Waals surface area contributed by atoms with Crippen molar-refractivity contribution in [2.45, 2.75) is 104 Å². The molecule has 0 aromatic rings. The standard InChI is InChI=1S/C20H40O2S/c1-18(2)14-12-10-8-6-4-3-5-7-9-11-13-15-19(16-17-23)20(21)22/h18-19,23H,3-17H2,1-2H3,(H,21,22). The van der Waals surface area contributed by atoms with Crippen molar-refractivity contribution >= 4 is 18.6 Å². The summed E-state index contributed by atoms with van der Waals surface area (Å²) < 4.78 is 0. The van der Waals surface area contributed by atoms with Crippen molar-refractivity contribution in [3.8, 4) is 0 Å². The summed E-state index contributed by atoms with van der Waals surface area (Å²) in [6.45, 7) is 4.62. The molecular weight excluding hydrogens is 304 g/mol. The first-order valence-corrected chi connectivity index (χ1v) is 10.5. The molecule has 2 nitrogen and oxygen atoms in total. The first-order valence-electron chi connectivity index (χ1n) is 9.91. The molecule has 0 amide bonds. The maximum absolute atomic E-state index is 11.0. The fraction of sp³-hybridized carbons (Fsp3) is 0.950. The lowest BCUT2D eigenvalue weighted by atomic mass is 9.98. The van der Waals surface area contributed by atoms with Crippen molar-refractivity contribution in [2.24, 2.45) is 11.8 Å². The Balaban J connectivity index is 3.23. The third-order valence-corrected chi connectivity index (χ3v) is 4.92. The molecule has 0 bridgehead atoms. The number of rotatable bonds is 17. The normalized spacial score (nSPS) is 12.7. The SMILES string of the molecule is CC(C)CCCCCCCCCCCCCC(CCS)C(=O)O. The zero-order valence-corrected chi connectivity index (χ0v) is 16.5. The van der Waals surface area contributed by atoms with Crippen LogP contribution in [0.1, 0.15) is 104 Å². The van der Waals surface area contributed by atoms with Crippen molar-refractivity contribution in [3.63, 3.8) is 0 Å². The summed E-state index contributed by atoms with van der Waals surface area (Å²) in [5.41, 5.74) is 0. The van der Waals surface area contributed by atoms with Gasteiger partial charge in [0.1, 0.15) is 0 Å². The molecule has 0 saturated carbocycles. The molecule has 0 spiro atoms. The lowest BCUT2D eigenvalue weighted by Crippen LogP contribution is -2.14. The molecule has 3 heteroatoms. The number of hydrogen-bond acceptors (Lipinski definition) is 2. The number of carboxylic acid groups (broad SMARTS) is 1. The summed E-state index contributed by atoms with van der Waals surface area (Å²) in [5.74, 6) is 0.711. The van der Waals surface area contributed by atoms with Gasteiger partial charge in [0.15, 0.2) is 0 Å². The molecule has 23 heavy (non-hydrogen) atoms. The summed E-state index contributed by atoms with van der Waals surface area (Å²) in [7, 11) is 0. The monoisotopic (exact) mass is 344 g/mol. The lowest BCUT2D eigenvalue weighted by Gasteiger charge is -2.10. The van der Waals surface area contributed by atoms with E-state index in [4.69, 9.17) is 5.11 Å². The predicted octanol–water partition coefficient (Wildman–Crippen LogP) is 6.73. The van der Waals surface area contributed by atoms with Crippen LogP contribution >= 0.6 is 12.6 Å². The van der Waals surface area contributed by atoms with Gasteiger partial charge < -0.3 is 5.11 Å². The molecule has 0 aliphatic rings. The van der Waals surface area contributed by atoms with Crippen LogP contribution in [0, 0.1) is 11.8 Å². The Morgan fingerprint density at radius 1 is 0.739 bits per heavy atom. The van der Waals surface area contributed by atoms with E-state index in [2.05, 4.69) is 26.5 Å². The van der Waals surface area contributed by atoms with Crippen LogP contribution in [-0.2, 0) is 4.79 Å². The van der Waals surface area contributed by atoms with Gasteiger partial charge in [-0.2, -0.15) is 12.6 Å². The van der Waals surface area contributed by atoms with Crippen LogP contribution in [0.4, 0.5) is 0 Å². The largest absolute Gasteiger partial charge is 0.481 e. The van der Waals surface area contributed by atoms with E-state index in [0.29, 0.717) is 12.2 Å². The molecule has 0 aliphatic heterocycles. The Kier molecular flexibility index (Phi) is 16.5. The second kappa shape index (κ2) is 16.7. The van der Waals surface area contributed by atoms with Gasteiger partial charge in [-0.15, -0.1) is 0 Å². The van der Waals surface area contributed by atoms with Crippen molar-refractivity contribution in [1.82, 2.24) is 0 Å². The van der Waals surface area contributed by atoms with Crippen LogP contribution in [-0.4, -0.2) is 16.8 Å². The average Bonchev–Trinajstić information content (AvgIpc) is 2.50. The molecule has 0 saturated heterocycles. The smallest absolute Gasteiger partial charge is 0.306 e. The predicted molar refractivity (Wildman–Crippen MR) is 104 cm³/mol. The molecule has 1 unspecified atom stereocenters. The molecular formula is C20H40O2S. The van der Waals surface area contributed by atoms with Gasteiger partial charge >= 0.3 is 5.97 Å². The van der Waals surface area contributed by atoms with Crippen molar-refractivity contribution < 1.29 is 9.90 Å². The topological polar surface area (TPSA) is 37.3 Å². The highest BCUT2D eigenvalue weighted by atomic mass is 32.1. The maximum Gasteiger partial charge on any atom is 0.306 e. The van der Waals surface area contributed by atoms with E-state index >= 15 is 0 Å². The minimum atomic E-state index is -0.646. The van der Waals surface area contributed by atoms with Crippen molar-refractivity contribution in [1.29, 1.82) is 0 Å². The van der Waals surface area contributed by atoms with E-state index in [-0.39, 0.29) is 5.92 Å². The summed E-state index contributed by atoms with van der Waals surface area (Å²) in [6.07, 6.45) is 17.5. The fourth-order valence-corrected chi connectivity index (χ4v) is 3.39. The molecule has 0 aliphatic carbocycles. The highest BCUT2D eigenvalue weighted by molar-refractivity contribution is 7.80. The number of aliphatic carboxylic acids is 1. The number of carboxylic acids is 1. The number of carbonyl (C=O) groups is 1. The third kappa shape index (κ3) is 16.5. The van der Waals surface area contributed by atoms with Gasteiger partial charge in [-0.3, -0.25) is 4.79 Å². The average molecular weight is 345 g/mol. The Morgan fingerprint density at radius 3 is 1.48 bits per heavy atom. The number of unbranched alkanes of at least 4 members (excludes halogenated alkanes) is 10. The second-order valence-electron chi connectivity index (χ2n) is 7.41. The van der Waals surface area contributed by atoms with E-state index in [0.717, 1.165) is 18.8 Å². The van der Waals surface area contributed by atoms with Crippen molar-refractivity contribution in [2.75, 3.05) is 5.75 Å². The Morgan fingerprint density at radius 2 is 1.13 bits per heavy atom. The van der Waals surface area contributed by atoms with Crippen LogP contribution in [0.3, 0.4) is 0 Å². The molecule has 0 aromatic heterocycles. The molecule has 138 valence electrons. The molecule has 1 N–H and O–H groups in total. The minimum Gasteiger partial charge on any atom is -0.481 e. The van der Waals surface area contributed by atoms with E-state index < -0.39 is 5.97 Å². The Hall–Kier alpha value is -0.180. The van der Waals surface area contributed by atoms with E-state index in [1.165, 1.54) is 70.6 Å². The van der Waals surface area contributed by atoms with Crippen LogP contribution < -0.4 is 0 Å². The van der Waals surface area contributed by atoms with Crippen LogP contribution in [0.25, 0.3) is 0 Å². The van der Waals surface area contributed by atoms with Crippen molar-refractivity contribution in [3.05, 3.63) is 0 Å². The summed E-state index contributed by atoms with van der Waals surface area (Å²) >= 11 is 4.14. The Labute approximate surface area is 150 Å². The first kappa shape index (κ1) is 22.8. The lowest BCUT2D eigenvalue weighted by molar-refractivity contribution is -0.142. The fourth-order valence-electron chi connectivity index (χ4n) is 3.08. The van der Waals surface area contributed by atoms with Gasteiger partial charge in [-0.1, -0.05) is 90.9 Å². The van der Waals surface area contributed by atoms with Gasteiger partial charge in [0.2, 0.25) is 0 Å². The molecule has 0 fully saturated rings. The zero-order chi connectivity index (χ0) is 17.3. The number of thiol groups is 1.